The molecular weight excluding hydrogens is 190 g/mol. The third-order valence-corrected chi connectivity index (χ3v) is 1.90. The van der Waals surface area contributed by atoms with Crippen LogP contribution in [0.4, 0.5) is 5.95 Å². The summed E-state index contributed by atoms with van der Waals surface area (Å²) in [6, 6.07) is 1.78. The molecule has 84 valence electrons. The van der Waals surface area contributed by atoms with Crippen LogP contribution in [0.1, 0.15) is 33.1 Å². The maximum absolute atomic E-state index is 5.41. The molecule has 1 aromatic heterocycles. The Labute approximate surface area is 91.1 Å². The molecule has 0 amide bonds. The van der Waals surface area contributed by atoms with Crippen molar-refractivity contribution in [1.29, 1.82) is 0 Å². The molecule has 0 fully saturated rings. The molecular formula is C11H19N3O. The number of aromatic nitrogens is 2. The molecule has 0 aliphatic carbocycles. The molecule has 0 bridgehead atoms. The van der Waals surface area contributed by atoms with Crippen molar-refractivity contribution in [2.75, 3.05) is 18.5 Å². The number of anilines is 1. The van der Waals surface area contributed by atoms with E-state index in [1.54, 1.807) is 12.3 Å². The van der Waals surface area contributed by atoms with Gasteiger partial charge >= 0.3 is 0 Å². The lowest BCUT2D eigenvalue weighted by Crippen LogP contribution is -2.06. The minimum absolute atomic E-state index is 0.644. The normalized spacial score (nSPS) is 10.0. The summed E-state index contributed by atoms with van der Waals surface area (Å²) in [7, 11) is 0. The second-order valence-electron chi connectivity index (χ2n) is 3.35. The average Bonchev–Trinajstić information content (AvgIpc) is 2.27. The monoisotopic (exact) mass is 209 g/mol. The zero-order chi connectivity index (χ0) is 10.9. The summed E-state index contributed by atoms with van der Waals surface area (Å²) in [6.07, 6.45) is 5.00. The Kier molecular flexibility index (Phi) is 5.51. The van der Waals surface area contributed by atoms with Gasteiger partial charge in [0.05, 0.1) is 6.61 Å². The van der Waals surface area contributed by atoms with E-state index < -0.39 is 0 Å². The van der Waals surface area contributed by atoms with Crippen molar-refractivity contribution in [3.05, 3.63) is 12.3 Å². The van der Waals surface area contributed by atoms with E-state index in [0.717, 1.165) is 19.4 Å². The highest BCUT2D eigenvalue weighted by molar-refractivity contribution is 5.27. The SMILES string of the molecule is CCCCNc1nccc(OCCC)n1. The molecule has 0 radical (unpaired) electrons. The van der Waals surface area contributed by atoms with Gasteiger partial charge in [0.15, 0.2) is 0 Å². The fourth-order valence-corrected chi connectivity index (χ4v) is 1.09. The maximum Gasteiger partial charge on any atom is 0.225 e. The van der Waals surface area contributed by atoms with Gasteiger partial charge in [-0.3, -0.25) is 0 Å². The van der Waals surface area contributed by atoms with Gasteiger partial charge in [-0.2, -0.15) is 4.98 Å². The molecule has 15 heavy (non-hydrogen) atoms. The summed E-state index contributed by atoms with van der Waals surface area (Å²) in [5, 5.41) is 3.16. The summed E-state index contributed by atoms with van der Waals surface area (Å²) in [4.78, 5) is 8.35. The molecule has 4 heteroatoms. The quantitative estimate of drug-likeness (QED) is 0.701. The van der Waals surface area contributed by atoms with E-state index >= 15 is 0 Å². The minimum atomic E-state index is 0.644. The number of ether oxygens (including phenoxy) is 1. The van der Waals surface area contributed by atoms with Crippen LogP contribution in [0.15, 0.2) is 12.3 Å². The molecule has 1 heterocycles. The van der Waals surface area contributed by atoms with E-state index in [9.17, 15) is 0 Å². The lowest BCUT2D eigenvalue weighted by Gasteiger charge is -2.06. The highest BCUT2D eigenvalue weighted by Gasteiger charge is 1.98. The molecule has 0 aliphatic heterocycles. The Morgan fingerprint density at radius 3 is 2.93 bits per heavy atom. The van der Waals surface area contributed by atoms with E-state index in [4.69, 9.17) is 4.74 Å². The predicted octanol–water partition coefficient (Wildman–Crippen LogP) is 2.48. The highest BCUT2D eigenvalue weighted by Crippen LogP contribution is 2.08. The van der Waals surface area contributed by atoms with Gasteiger partial charge in [0, 0.05) is 18.8 Å². The second kappa shape index (κ2) is 7.04. The first-order chi connectivity index (χ1) is 7.36. The summed E-state index contributed by atoms with van der Waals surface area (Å²) < 4.78 is 5.41. The van der Waals surface area contributed by atoms with Crippen LogP contribution in [0.2, 0.25) is 0 Å². The summed E-state index contributed by atoms with van der Waals surface area (Å²) in [5.74, 6) is 1.29. The van der Waals surface area contributed by atoms with Crippen molar-refractivity contribution < 1.29 is 4.74 Å². The topological polar surface area (TPSA) is 47.0 Å². The van der Waals surface area contributed by atoms with Crippen LogP contribution in [0, 0.1) is 0 Å². The van der Waals surface area contributed by atoms with Crippen molar-refractivity contribution in [2.45, 2.75) is 33.1 Å². The van der Waals surface area contributed by atoms with Gasteiger partial charge in [-0.25, -0.2) is 4.98 Å². The fourth-order valence-electron chi connectivity index (χ4n) is 1.09. The molecule has 0 atom stereocenters. The fraction of sp³-hybridized carbons (Fsp3) is 0.636. The van der Waals surface area contributed by atoms with E-state index in [1.807, 2.05) is 0 Å². The third-order valence-electron chi connectivity index (χ3n) is 1.90. The van der Waals surface area contributed by atoms with Crippen molar-refractivity contribution in [1.82, 2.24) is 9.97 Å². The van der Waals surface area contributed by atoms with E-state index in [0.29, 0.717) is 18.4 Å². The molecule has 1 N–H and O–H groups in total. The van der Waals surface area contributed by atoms with Crippen molar-refractivity contribution in [3.8, 4) is 5.88 Å². The minimum Gasteiger partial charge on any atom is -0.478 e. The molecule has 0 spiro atoms. The van der Waals surface area contributed by atoms with Gasteiger partial charge in [-0.1, -0.05) is 20.3 Å². The molecule has 1 aromatic rings. The number of nitrogens with zero attached hydrogens (tertiary/aromatic N) is 2. The van der Waals surface area contributed by atoms with Crippen molar-refractivity contribution in [3.63, 3.8) is 0 Å². The Hall–Kier alpha value is -1.32. The molecule has 4 nitrogen and oxygen atoms in total. The van der Waals surface area contributed by atoms with E-state index in [-0.39, 0.29) is 0 Å². The standard InChI is InChI=1S/C11H19N3O/c1-3-5-7-12-11-13-8-6-10(14-11)15-9-4-2/h6,8H,3-5,7,9H2,1-2H3,(H,12,13,14). The second-order valence-corrected chi connectivity index (χ2v) is 3.35. The highest BCUT2D eigenvalue weighted by atomic mass is 16.5. The zero-order valence-electron chi connectivity index (χ0n) is 9.49. The lowest BCUT2D eigenvalue weighted by atomic mass is 10.3. The summed E-state index contributed by atoms with van der Waals surface area (Å²) in [6.45, 7) is 5.84. The van der Waals surface area contributed by atoms with Crippen LogP contribution in [0.25, 0.3) is 0 Å². The van der Waals surface area contributed by atoms with Crippen LogP contribution < -0.4 is 10.1 Å². The van der Waals surface area contributed by atoms with Crippen LogP contribution in [0.3, 0.4) is 0 Å². The summed E-state index contributed by atoms with van der Waals surface area (Å²) in [5.41, 5.74) is 0. The Morgan fingerprint density at radius 1 is 1.33 bits per heavy atom. The molecule has 1 rings (SSSR count). The first-order valence-corrected chi connectivity index (χ1v) is 5.56. The average molecular weight is 209 g/mol. The van der Waals surface area contributed by atoms with Gasteiger partial charge < -0.3 is 10.1 Å². The zero-order valence-corrected chi connectivity index (χ0v) is 9.49. The Morgan fingerprint density at radius 2 is 2.20 bits per heavy atom. The predicted molar refractivity (Wildman–Crippen MR) is 61.2 cm³/mol. The van der Waals surface area contributed by atoms with Gasteiger partial charge in [-0.15, -0.1) is 0 Å². The largest absolute Gasteiger partial charge is 0.478 e. The number of nitrogens with one attached hydrogen (secondary N) is 1. The van der Waals surface area contributed by atoms with Gasteiger partial charge in [0.25, 0.3) is 0 Å². The van der Waals surface area contributed by atoms with Gasteiger partial charge in [0.2, 0.25) is 11.8 Å². The molecule has 0 unspecified atom stereocenters. The molecule has 0 saturated heterocycles. The van der Waals surface area contributed by atoms with Gasteiger partial charge in [-0.05, 0) is 12.8 Å². The molecule has 0 saturated carbocycles. The van der Waals surface area contributed by atoms with E-state index in [2.05, 4.69) is 29.1 Å². The van der Waals surface area contributed by atoms with Crippen LogP contribution in [0.5, 0.6) is 5.88 Å². The number of hydrogen-bond acceptors (Lipinski definition) is 4. The smallest absolute Gasteiger partial charge is 0.225 e. The molecule has 0 aliphatic rings. The number of unbranched alkanes of at least 4 members (excludes halogenated alkanes) is 1. The van der Waals surface area contributed by atoms with Crippen molar-refractivity contribution in [2.24, 2.45) is 0 Å². The maximum atomic E-state index is 5.41. The Balaban J connectivity index is 2.42. The van der Waals surface area contributed by atoms with Crippen LogP contribution >= 0.6 is 0 Å². The third kappa shape index (κ3) is 4.63. The lowest BCUT2D eigenvalue weighted by molar-refractivity contribution is 0.305. The first kappa shape index (κ1) is 11.8. The van der Waals surface area contributed by atoms with E-state index in [1.165, 1.54) is 6.42 Å². The molecule has 0 aromatic carbocycles. The van der Waals surface area contributed by atoms with Crippen LogP contribution in [-0.2, 0) is 0 Å². The number of hydrogen-bond donors (Lipinski definition) is 1. The van der Waals surface area contributed by atoms with Crippen molar-refractivity contribution >= 4 is 5.95 Å². The Bertz CT molecular complexity index is 278. The first-order valence-electron chi connectivity index (χ1n) is 5.56. The van der Waals surface area contributed by atoms with Crippen LogP contribution in [-0.4, -0.2) is 23.1 Å². The summed E-state index contributed by atoms with van der Waals surface area (Å²) >= 11 is 0. The number of rotatable bonds is 7. The van der Waals surface area contributed by atoms with Gasteiger partial charge in [0.1, 0.15) is 0 Å².